The first-order valence-electron chi connectivity index (χ1n) is 7.04. The summed E-state index contributed by atoms with van der Waals surface area (Å²) in [6, 6.07) is 8.05. The molecule has 1 atom stereocenters. The number of aliphatic carboxylic acids is 1. The molecule has 0 amide bonds. The van der Waals surface area contributed by atoms with Gasteiger partial charge in [0.25, 0.3) is 0 Å². The molecule has 0 bridgehead atoms. The molecule has 1 unspecified atom stereocenters. The lowest BCUT2D eigenvalue weighted by atomic mass is 9.96. The van der Waals surface area contributed by atoms with Crippen molar-refractivity contribution >= 4 is 5.97 Å². The average molecular weight is 279 g/mol. The number of rotatable bonds is 8. The van der Waals surface area contributed by atoms with E-state index in [0.717, 1.165) is 5.75 Å². The number of nitrogens with one attached hydrogen (secondary N) is 1. The van der Waals surface area contributed by atoms with E-state index in [2.05, 4.69) is 31.3 Å². The third-order valence-corrected chi connectivity index (χ3v) is 3.66. The molecule has 0 aliphatic heterocycles. The van der Waals surface area contributed by atoms with E-state index in [1.807, 2.05) is 12.1 Å². The minimum absolute atomic E-state index is 0.510. The molecule has 1 aromatic carbocycles. The molecule has 0 radical (unpaired) electrons. The van der Waals surface area contributed by atoms with E-state index in [0.29, 0.717) is 25.4 Å². The zero-order chi connectivity index (χ0) is 15.2. The number of benzene rings is 1. The van der Waals surface area contributed by atoms with E-state index >= 15 is 0 Å². The molecule has 1 rings (SSSR count). The van der Waals surface area contributed by atoms with Gasteiger partial charge in [0.15, 0.2) is 0 Å². The smallest absolute Gasteiger partial charge is 0.323 e. The Labute approximate surface area is 121 Å². The fourth-order valence-corrected chi connectivity index (χ4v) is 1.90. The van der Waals surface area contributed by atoms with E-state index in [-0.39, 0.29) is 0 Å². The number of carboxylic acids is 1. The Morgan fingerprint density at radius 2 is 1.95 bits per heavy atom. The highest BCUT2D eigenvalue weighted by atomic mass is 16.5. The first-order valence-corrected chi connectivity index (χ1v) is 7.04. The highest BCUT2D eigenvalue weighted by Gasteiger charge is 2.30. The SMILES string of the molecule is CNC(C)(CCCOc1ccc(C(C)C)cc1)C(=O)O. The van der Waals surface area contributed by atoms with Gasteiger partial charge in [0.05, 0.1) is 6.61 Å². The minimum atomic E-state index is -0.884. The van der Waals surface area contributed by atoms with Gasteiger partial charge in [-0.2, -0.15) is 0 Å². The monoisotopic (exact) mass is 279 g/mol. The zero-order valence-electron chi connectivity index (χ0n) is 12.8. The van der Waals surface area contributed by atoms with Crippen LogP contribution in [0.1, 0.15) is 45.1 Å². The second-order valence-electron chi connectivity index (χ2n) is 5.56. The van der Waals surface area contributed by atoms with Crippen molar-refractivity contribution in [2.24, 2.45) is 0 Å². The van der Waals surface area contributed by atoms with Crippen LogP contribution in [0.25, 0.3) is 0 Å². The van der Waals surface area contributed by atoms with E-state index in [9.17, 15) is 4.79 Å². The summed E-state index contributed by atoms with van der Waals surface area (Å²) in [7, 11) is 1.67. The van der Waals surface area contributed by atoms with Gasteiger partial charge in [-0.25, -0.2) is 0 Å². The van der Waals surface area contributed by atoms with Gasteiger partial charge in [-0.3, -0.25) is 4.79 Å². The van der Waals surface area contributed by atoms with E-state index in [1.165, 1.54) is 5.56 Å². The number of carboxylic acid groups (broad SMARTS) is 1. The van der Waals surface area contributed by atoms with Crippen molar-refractivity contribution in [1.29, 1.82) is 0 Å². The molecule has 0 aliphatic rings. The van der Waals surface area contributed by atoms with Crippen LogP contribution in [0.5, 0.6) is 5.75 Å². The molecule has 112 valence electrons. The Kier molecular flexibility index (Phi) is 6.02. The van der Waals surface area contributed by atoms with Crippen LogP contribution < -0.4 is 10.1 Å². The van der Waals surface area contributed by atoms with Crippen LogP contribution in [-0.2, 0) is 4.79 Å². The number of carbonyl (C=O) groups is 1. The van der Waals surface area contributed by atoms with Gasteiger partial charge in [0.2, 0.25) is 0 Å². The third kappa shape index (κ3) is 4.53. The molecule has 0 fully saturated rings. The summed E-state index contributed by atoms with van der Waals surface area (Å²) in [6.07, 6.45) is 1.22. The Hall–Kier alpha value is -1.55. The summed E-state index contributed by atoms with van der Waals surface area (Å²) in [5.74, 6) is 0.508. The van der Waals surface area contributed by atoms with E-state index in [4.69, 9.17) is 9.84 Å². The first-order chi connectivity index (χ1) is 9.39. The molecule has 0 saturated heterocycles. The van der Waals surface area contributed by atoms with Crippen molar-refractivity contribution in [3.8, 4) is 5.75 Å². The van der Waals surface area contributed by atoms with Gasteiger partial charge < -0.3 is 15.2 Å². The van der Waals surface area contributed by atoms with Crippen LogP contribution in [0.2, 0.25) is 0 Å². The topological polar surface area (TPSA) is 58.6 Å². The second-order valence-corrected chi connectivity index (χ2v) is 5.56. The number of hydrogen-bond acceptors (Lipinski definition) is 3. The molecule has 4 nitrogen and oxygen atoms in total. The molecule has 0 aliphatic carbocycles. The van der Waals surface area contributed by atoms with Gasteiger partial charge in [-0.1, -0.05) is 26.0 Å². The summed E-state index contributed by atoms with van der Waals surface area (Å²) in [5, 5.41) is 12.0. The van der Waals surface area contributed by atoms with Crippen LogP contribution in [-0.4, -0.2) is 30.3 Å². The lowest BCUT2D eigenvalue weighted by Gasteiger charge is -2.23. The summed E-state index contributed by atoms with van der Waals surface area (Å²) >= 11 is 0. The fraction of sp³-hybridized carbons (Fsp3) is 0.562. The zero-order valence-corrected chi connectivity index (χ0v) is 12.8. The summed E-state index contributed by atoms with van der Waals surface area (Å²) in [5.41, 5.74) is 0.399. The molecule has 2 N–H and O–H groups in total. The van der Waals surface area contributed by atoms with Crippen molar-refractivity contribution in [2.75, 3.05) is 13.7 Å². The summed E-state index contributed by atoms with van der Waals surface area (Å²) in [6.45, 7) is 6.51. The molecule has 0 saturated carbocycles. The Morgan fingerprint density at radius 3 is 2.40 bits per heavy atom. The van der Waals surface area contributed by atoms with Crippen LogP contribution in [0.15, 0.2) is 24.3 Å². The molecule has 0 aromatic heterocycles. The van der Waals surface area contributed by atoms with Crippen LogP contribution in [0.4, 0.5) is 0 Å². The fourth-order valence-electron chi connectivity index (χ4n) is 1.90. The van der Waals surface area contributed by atoms with Crippen molar-refractivity contribution in [2.45, 2.75) is 45.1 Å². The molecular formula is C16H25NO3. The summed E-state index contributed by atoms with van der Waals surface area (Å²) < 4.78 is 5.64. The van der Waals surface area contributed by atoms with Gasteiger partial charge in [-0.15, -0.1) is 0 Å². The van der Waals surface area contributed by atoms with Crippen molar-refractivity contribution in [1.82, 2.24) is 5.32 Å². The standard InChI is InChI=1S/C16H25NO3/c1-12(2)13-6-8-14(9-7-13)20-11-5-10-16(3,17-4)15(18)19/h6-9,12,17H,5,10-11H2,1-4H3,(H,18,19). The Bertz CT molecular complexity index is 428. The van der Waals surface area contributed by atoms with E-state index in [1.54, 1.807) is 14.0 Å². The van der Waals surface area contributed by atoms with Gasteiger partial charge in [0.1, 0.15) is 11.3 Å². The second kappa shape index (κ2) is 7.29. The number of likely N-dealkylation sites (N-methyl/N-ethyl adjacent to an activating group) is 1. The number of ether oxygens (including phenoxy) is 1. The maximum absolute atomic E-state index is 11.1. The normalized spacial score (nSPS) is 14.1. The summed E-state index contributed by atoms with van der Waals surface area (Å²) in [4.78, 5) is 11.1. The van der Waals surface area contributed by atoms with Crippen LogP contribution in [0, 0.1) is 0 Å². The van der Waals surface area contributed by atoms with Crippen molar-refractivity contribution in [3.05, 3.63) is 29.8 Å². The predicted molar refractivity (Wildman–Crippen MR) is 80.4 cm³/mol. The van der Waals surface area contributed by atoms with Crippen molar-refractivity contribution < 1.29 is 14.6 Å². The average Bonchev–Trinajstić information content (AvgIpc) is 2.43. The highest BCUT2D eigenvalue weighted by Crippen LogP contribution is 2.19. The maximum Gasteiger partial charge on any atom is 0.323 e. The Morgan fingerprint density at radius 1 is 1.35 bits per heavy atom. The largest absolute Gasteiger partial charge is 0.494 e. The quantitative estimate of drug-likeness (QED) is 0.718. The maximum atomic E-state index is 11.1. The molecular weight excluding hydrogens is 254 g/mol. The van der Waals surface area contributed by atoms with Gasteiger partial charge >= 0.3 is 5.97 Å². The van der Waals surface area contributed by atoms with Crippen molar-refractivity contribution in [3.63, 3.8) is 0 Å². The van der Waals surface area contributed by atoms with Crippen LogP contribution >= 0.6 is 0 Å². The number of hydrogen-bond donors (Lipinski definition) is 2. The van der Waals surface area contributed by atoms with Gasteiger partial charge in [0, 0.05) is 0 Å². The molecule has 20 heavy (non-hydrogen) atoms. The predicted octanol–water partition coefficient (Wildman–Crippen LogP) is 3.03. The third-order valence-electron chi connectivity index (χ3n) is 3.66. The van der Waals surface area contributed by atoms with E-state index < -0.39 is 11.5 Å². The molecule has 1 aromatic rings. The molecule has 0 heterocycles. The lowest BCUT2D eigenvalue weighted by molar-refractivity contribution is -0.144. The lowest BCUT2D eigenvalue weighted by Crippen LogP contribution is -2.47. The molecule has 4 heteroatoms. The first kappa shape index (κ1) is 16.5. The highest BCUT2D eigenvalue weighted by molar-refractivity contribution is 5.78. The van der Waals surface area contributed by atoms with Crippen LogP contribution in [0.3, 0.4) is 0 Å². The minimum Gasteiger partial charge on any atom is -0.494 e. The molecule has 0 spiro atoms. The Balaban J connectivity index is 2.39. The van der Waals surface area contributed by atoms with Gasteiger partial charge in [-0.05, 0) is 50.4 Å².